The second kappa shape index (κ2) is 12.4. The Morgan fingerprint density at radius 3 is 2.54 bits per heavy atom. The molecular weight excluding hydrogens is 444 g/mol. The highest BCUT2D eigenvalue weighted by Gasteiger charge is 2.34. The third kappa shape index (κ3) is 6.70. The van der Waals surface area contributed by atoms with E-state index in [1.807, 2.05) is 80.7 Å². The molecule has 2 aromatic carbocycles. The number of hydrogen-bond acceptors (Lipinski definition) is 6. The number of aromatic amines is 1. The highest BCUT2D eigenvalue weighted by Crippen LogP contribution is 2.22. The largest absolute Gasteiger partial charge is 0.459 e. The molecule has 8 heteroatoms. The van der Waals surface area contributed by atoms with Crippen molar-refractivity contribution in [3.63, 3.8) is 0 Å². The second-order valence-corrected chi connectivity index (χ2v) is 8.72. The van der Waals surface area contributed by atoms with E-state index in [4.69, 9.17) is 4.74 Å². The molecule has 0 radical (unpaired) electrons. The van der Waals surface area contributed by atoms with Gasteiger partial charge in [-0.05, 0) is 23.1 Å². The SMILES string of the molecule is CC(C)C/C(=N\O)C(=O)N(CCC#N)C(Cc1c[nH]c2ccccc12)C(=O)OCc1ccccc1. The fourth-order valence-electron chi connectivity index (χ4n) is 3.95. The van der Waals surface area contributed by atoms with Gasteiger partial charge in [0.2, 0.25) is 0 Å². The van der Waals surface area contributed by atoms with Crippen LogP contribution in [0.5, 0.6) is 0 Å². The van der Waals surface area contributed by atoms with Gasteiger partial charge in [0.05, 0.1) is 12.5 Å². The van der Waals surface area contributed by atoms with Crippen LogP contribution in [0.1, 0.15) is 37.8 Å². The van der Waals surface area contributed by atoms with Crippen molar-refractivity contribution in [2.45, 2.75) is 45.8 Å². The van der Waals surface area contributed by atoms with Gasteiger partial charge < -0.3 is 19.8 Å². The standard InChI is InChI=1S/C27H30N4O4/c1-19(2)15-24(30-34)26(32)31(14-8-13-28)25(27(33)35-18-20-9-4-3-5-10-20)16-21-17-29-23-12-7-6-11-22(21)23/h3-7,9-12,17,19,25,29,34H,8,14-16,18H2,1-2H3/b30-24+. The Morgan fingerprint density at radius 1 is 1.14 bits per heavy atom. The number of amides is 1. The lowest BCUT2D eigenvalue weighted by Gasteiger charge is -2.30. The number of para-hydroxylation sites is 1. The summed E-state index contributed by atoms with van der Waals surface area (Å²) in [7, 11) is 0. The van der Waals surface area contributed by atoms with Gasteiger partial charge in [0.25, 0.3) is 5.91 Å². The summed E-state index contributed by atoms with van der Waals surface area (Å²) in [6.45, 7) is 3.85. The van der Waals surface area contributed by atoms with Crippen LogP contribution >= 0.6 is 0 Å². The first kappa shape index (κ1) is 25.5. The molecule has 1 amide bonds. The van der Waals surface area contributed by atoms with E-state index in [2.05, 4.69) is 10.1 Å². The minimum Gasteiger partial charge on any atom is -0.459 e. The number of nitriles is 1. The molecule has 0 fully saturated rings. The number of benzene rings is 2. The van der Waals surface area contributed by atoms with Gasteiger partial charge in [-0.25, -0.2) is 4.79 Å². The number of carbonyl (C=O) groups excluding carboxylic acids is 2. The monoisotopic (exact) mass is 474 g/mol. The van der Waals surface area contributed by atoms with E-state index in [-0.39, 0.29) is 44.0 Å². The molecular formula is C27H30N4O4. The van der Waals surface area contributed by atoms with Crippen molar-refractivity contribution in [1.82, 2.24) is 9.88 Å². The van der Waals surface area contributed by atoms with Crippen LogP contribution in [0.3, 0.4) is 0 Å². The maximum atomic E-state index is 13.4. The molecule has 0 aliphatic rings. The van der Waals surface area contributed by atoms with Crippen LogP contribution in [0.4, 0.5) is 0 Å². The molecule has 1 heterocycles. The normalized spacial score (nSPS) is 12.3. The van der Waals surface area contributed by atoms with Crippen LogP contribution in [-0.2, 0) is 27.4 Å². The Kier molecular flexibility index (Phi) is 9.02. The predicted molar refractivity (Wildman–Crippen MR) is 133 cm³/mol. The van der Waals surface area contributed by atoms with E-state index in [1.54, 1.807) is 0 Å². The lowest BCUT2D eigenvalue weighted by atomic mass is 10.0. The molecule has 0 saturated heterocycles. The zero-order chi connectivity index (χ0) is 25.2. The fraction of sp³-hybridized carbons (Fsp3) is 0.333. The van der Waals surface area contributed by atoms with E-state index in [1.165, 1.54) is 4.90 Å². The van der Waals surface area contributed by atoms with E-state index in [0.29, 0.717) is 0 Å². The maximum Gasteiger partial charge on any atom is 0.329 e. The van der Waals surface area contributed by atoms with Gasteiger partial charge in [-0.3, -0.25) is 4.79 Å². The summed E-state index contributed by atoms with van der Waals surface area (Å²) in [6, 6.07) is 18.0. The smallest absolute Gasteiger partial charge is 0.329 e. The number of esters is 1. The number of rotatable bonds is 11. The minimum atomic E-state index is -1.01. The number of nitrogens with zero attached hydrogens (tertiary/aromatic N) is 3. The van der Waals surface area contributed by atoms with Gasteiger partial charge in [-0.1, -0.05) is 67.5 Å². The highest BCUT2D eigenvalue weighted by molar-refractivity contribution is 6.39. The maximum absolute atomic E-state index is 13.4. The lowest BCUT2D eigenvalue weighted by Crippen LogP contribution is -2.50. The van der Waals surface area contributed by atoms with Gasteiger partial charge >= 0.3 is 5.97 Å². The summed E-state index contributed by atoms with van der Waals surface area (Å²) in [5.74, 6) is -1.12. The first-order valence-electron chi connectivity index (χ1n) is 11.6. The summed E-state index contributed by atoms with van der Waals surface area (Å²) in [4.78, 5) is 31.3. The molecule has 8 nitrogen and oxygen atoms in total. The zero-order valence-corrected chi connectivity index (χ0v) is 20.0. The van der Waals surface area contributed by atoms with E-state index in [9.17, 15) is 20.1 Å². The minimum absolute atomic E-state index is 0.0000916. The van der Waals surface area contributed by atoms with E-state index < -0.39 is 17.9 Å². The quantitative estimate of drug-likeness (QED) is 0.184. The molecule has 3 rings (SSSR count). The van der Waals surface area contributed by atoms with Crippen LogP contribution in [-0.4, -0.2) is 45.3 Å². The molecule has 0 saturated carbocycles. The van der Waals surface area contributed by atoms with Gasteiger partial charge in [-0.2, -0.15) is 5.26 Å². The summed E-state index contributed by atoms with van der Waals surface area (Å²) in [6.07, 6.45) is 2.24. The molecule has 35 heavy (non-hydrogen) atoms. The Hall–Kier alpha value is -4.12. The van der Waals surface area contributed by atoms with Crippen molar-refractivity contribution in [2.24, 2.45) is 11.1 Å². The number of aromatic nitrogens is 1. The number of oxime groups is 1. The molecule has 1 atom stereocenters. The zero-order valence-electron chi connectivity index (χ0n) is 20.0. The molecule has 3 aromatic rings. The summed E-state index contributed by atoms with van der Waals surface area (Å²) in [5, 5.41) is 22.9. The Morgan fingerprint density at radius 2 is 1.86 bits per heavy atom. The van der Waals surface area contributed by atoms with E-state index in [0.717, 1.165) is 22.0 Å². The number of ether oxygens (including phenoxy) is 1. The van der Waals surface area contributed by atoms with Crippen molar-refractivity contribution in [1.29, 1.82) is 5.26 Å². The van der Waals surface area contributed by atoms with Crippen LogP contribution < -0.4 is 0 Å². The molecule has 0 bridgehead atoms. The average molecular weight is 475 g/mol. The Bertz CT molecular complexity index is 1210. The number of hydrogen-bond donors (Lipinski definition) is 2. The first-order valence-corrected chi connectivity index (χ1v) is 11.6. The van der Waals surface area contributed by atoms with Crippen molar-refractivity contribution >= 4 is 28.5 Å². The van der Waals surface area contributed by atoms with Crippen LogP contribution in [0.25, 0.3) is 10.9 Å². The van der Waals surface area contributed by atoms with E-state index >= 15 is 0 Å². The molecule has 1 unspecified atom stereocenters. The van der Waals surface area contributed by atoms with Crippen LogP contribution in [0, 0.1) is 17.2 Å². The third-order valence-electron chi connectivity index (χ3n) is 5.65. The summed E-state index contributed by atoms with van der Waals surface area (Å²) < 4.78 is 5.63. The third-order valence-corrected chi connectivity index (χ3v) is 5.65. The van der Waals surface area contributed by atoms with Crippen molar-refractivity contribution < 1.29 is 19.5 Å². The van der Waals surface area contributed by atoms with Crippen molar-refractivity contribution in [3.05, 3.63) is 71.9 Å². The average Bonchev–Trinajstić information content (AvgIpc) is 3.28. The Balaban J connectivity index is 1.95. The van der Waals surface area contributed by atoms with Crippen LogP contribution in [0.2, 0.25) is 0 Å². The predicted octanol–water partition coefficient (Wildman–Crippen LogP) is 4.44. The lowest BCUT2D eigenvalue weighted by molar-refractivity contribution is -0.154. The van der Waals surface area contributed by atoms with Crippen molar-refractivity contribution in [2.75, 3.05) is 6.54 Å². The fourth-order valence-corrected chi connectivity index (χ4v) is 3.95. The summed E-state index contributed by atoms with van der Waals surface area (Å²) >= 11 is 0. The highest BCUT2D eigenvalue weighted by atomic mass is 16.5. The number of carbonyl (C=O) groups is 2. The van der Waals surface area contributed by atoms with Gasteiger partial charge in [-0.15, -0.1) is 0 Å². The van der Waals surface area contributed by atoms with Gasteiger partial charge in [0.15, 0.2) is 0 Å². The molecule has 0 aliphatic heterocycles. The number of fused-ring (bicyclic) bond motifs is 1. The molecule has 182 valence electrons. The first-order chi connectivity index (χ1) is 16.9. The molecule has 0 spiro atoms. The Labute approximate surface area is 204 Å². The molecule has 2 N–H and O–H groups in total. The number of nitrogens with one attached hydrogen (secondary N) is 1. The number of H-pyrrole nitrogens is 1. The summed E-state index contributed by atoms with van der Waals surface area (Å²) in [5.41, 5.74) is 2.51. The van der Waals surface area contributed by atoms with Crippen molar-refractivity contribution in [3.8, 4) is 6.07 Å². The van der Waals surface area contributed by atoms with Gasteiger partial charge in [0, 0.05) is 36.5 Å². The molecule has 0 aliphatic carbocycles. The van der Waals surface area contributed by atoms with Gasteiger partial charge in [0.1, 0.15) is 18.4 Å². The second-order valence-electron chi connectivity index (χ2n) is 8.72. The topological polar surface area (TPSA) is 119 Å². The molecule has 1 aromatic heterocycles. The van der Waals surface area contributed by atoms with Crippen LogP contribution in [0.15, 0.2) is 65.9 Å².